The number of rotatable bonds is 7. The number of benzene rings is 1. The van der Waals surface area contributed by atoms with Crippen LogP contribution in [0.25, 0.3) is 0 Å². The summed E-state index contributed by atoms with van der Waals surface area (Å²) in [7, 11) is 2.21. The molecule has 0 bridgehead atoms. The Morgan fingerprint density at radius 3 is 2.25 bits per heavy atom. The van der Waals surface area contributed by atoms with Crippen LogP contribution in [0.3, 0.4) is 0 Å². The number of hydrogen-bond acceptors (Lipinski definition) is 3. The van der Waals surface area contributed by atoms with Crippen LogP contribution in [0.15, 0.2) is 24.3 Å². The van der Waals surface area contributed by atoms with Crippen molar-refractivity contribution in [2.75, 3.05) is 46.3 Å². The Labute approximate surface area is 124 Å². The number of piperazine rings is 1. The topological polar surface area (TPSA) is 18.5 Å². The highest BCUT2D eigenvalue weighted by Gasteiger charge is 2.13. The van der Waals surface area contributed by atoms with Gasteiger partial charge in [0.2, 0.25) is 0 Å². The van der Waals surface area contributed by atoms with Crippen molar-refractivity contribution in [1.29, 1.82) is 0 Å². The highest BCUT2D eigenvalue weighted by atomic mass is 15.2. The van der Waals surface area contributed by atoms with Crippen molar-refractivity contribution < 1.29 is 0 Å². The highest BCUT2D eigenvalue weighted by Crippen LogP contribution is 2.10. The fourth-order valence-electron chi connectivity index (χ4n) is 2.61. The zero-order valence-corrected chi connectivity index (χ0v) is 13.1. The molecule has 1 saturated heterocycles. The molecule has 1 aromatic carbocycles. The van der Waals surface area contributed by atoms with Crippen molar-refractivity contribution in [3.63, 3.8) is 0 Å². The van der Waals surface area contributed by atoms with Gasteiger partial charge in [0.25, 0.3) is 0 Å². The molecule has 0 saturated carbocycles. The van der Waals surface area contributed by atoms with Crippen LogP contribution in [-0.4, -0.2) is 56.1 Å². The smallest absolute Gasteiger partial charge is 0.0234 e. The minimum atomic E-state index is 1.09. The van der Waals surface area contributed by atoms with Gasteiger partial charge in [0.05, 0.1) is 0 Å². The summed E-state index contributed by atoms with van der Waals surface area (Å²) in [5.74, 6) is 0. The molecule has 3 nitrogen and oxygen atoms in total. The normalized spacial score (nSPS) is 17.5. The third-order valence-electron chi connectivity index (χ3n) is 4.04. The van der Waals surface area contributed by atoms with Crippen LogP contribution >= 0.6 is 0 Å². The summed E-state index contributed by atoms with van der Waals surface area (Å²) in [6.45, 7) is 10.3. The van der Waals surface area contributed by atoms with E-state index >= 15 is 0 Å². The second-order valence-electron chi connectivity index (χ2n) is 5.90. The lowest BCUT2D eigenvalue weighted by atomic mass is 10.1. The Balaban J connectivity index is 1.73. The van der Waals surface area contributed by atoms with E-state index in [0.717, 1.165) is 26.1 Å². The van der Waals surface area contributed by atoms with Gasteiger partial charge in [-0.2, -0.15) is 0 Å². The summed E-state index contributed by atoms with van der Waals surface area (Å²) in [6, 6.07) is 9.18. The van der Waals surface area contributed by atoms with Crippen LogP contribution in [0.4, 0.5) is 0 Å². The van der Waals surface area contributed by atoms with Crippen LogP contribution in [0, 0.1) is 0 Å². The quantitative estimate of drug-likeness (QED) is 0.768. The zero-order chi connectivity index (χ0) is 14.2. The molecule has 20 heavy (non-hydrogen) atoms. The van der Waals surface area contributed by atoms with Gasteiger partial charge in [-0.1, -0.05) is 31.2 Å². The Hall–Kier alpha value is -0.900. The molecule has 1 aliphatic heterocycles. The van der Waals surface area contributed by atoms with Crippen molar-refractivity contribution >= 4 is 0 Å². The first-order valence-corrected chi connectivity index (χ1v) is 7.97. The zero-order valence-electron chi connectivity index (χ0n) is 13.1. The van der Waals surface area contributed by atoms with E-state index in [2.05, 4.69) is 53.4 Å². The molecule has 0 atom stereocenters. The minimum Gasteiger partial charge on any atom is -0.316 e. The van der Waals surface area contributed by atoms with Gasteiger partial charge in [0.1, 0.15) is 0 Å². The molecule has 1 heterocycles. The summed E-state index contributed by atoms with van der Waals surface area (Å²) in [4.78, 5) is 4.96. The van der Waals surface area contributed by atoms with Gasteiger partial charge >= 0.3 is 0 Å². The molecular formula is C17H29N3. The van der Waals surface area contributed by atoms with Crippen molar-refractivity contribution in [3.05, 3.63) is 35.4 Å². The molecule has 3 heteroatoms. The molecule has 1 fully saturated rings. The predicted octanol–water partition coefficient (Wildman–Crippen LogP) is 1.98. The van der Waals surface area contributed by atoms with Gasteiger partial charge in [0.15, 0.2) is 0 Å². The first-order chi connectivity index (χ1) is 9.78. The third kappa shape index (κ3) is 5.23. The van der Waals surface area contributed by atoms with Crippen molar-refractivity contribution in [3.8, 4) is 0 Å². The molecule has 112 valence electrons. The second-order valence-corrected chi connectivity index (χ2v) is 5.90. The van der Waals surface area contributed by atoms with Crippen LogP contribution in [0.1, 0.15) is 24.5 Å². The van der Waals surface area contributed by atoms with E-state index in [0.29, 0.717) is 0 Å². The molecular weight excluding hydrogens is 246 g/mol. The Bertz CT molecular complexity index is 366. The van der Waals surface area contributed by atoms with Crippen molar-refractivity contribution in [2.45, 2.75) is 26.3 Å². The monoisotopic (exact) mass is 275 g/mol. The van der Waals surface area contributed by atoms with E-state index in [4.69, 9.17) is 0 Å². The average molecular weight is 275 g/mol. The van der Waals surface area contributed by atoms with E-state index in [-0.39, 0.29) is 0 Å². The van der Waals surface area contributed by atoms with Gasteiger partial charge in [-0.05, 0) is 44.1 Å². The van der Waals surface area contributed by atoms with Gasteiger partial charge in [-0.15, -0.1) is 0 Å². The largest absolute Gasteiger partial charge is 0.316 e. The van der Waals surface area contributed by atoms with Crippen LogP contribution in [-0.2, 0) is 13.0 Å². The van der Waals surface area contributed by atoms with Gasteiger partial charge in [-0.3, -0.25) is 4.90 Å². The maximum atomic E-state index is 3.46. The number of nitrogens with one attached hydrogen (secondary N) is 1. The molecule has 1 N–H and O–H groups in total. The first-order valence-electron chi connectivity index (χ1n) is 7.97. The predicted molar refractivity (Wildman–Crippen MR) is 86.1 cm³/mol. The number of hydrogen-bond donors (Lipinski definition) is 1. The summed E-state index contributed by atoms with van der Waals surface area (Å²) in [5, 5.41) is 3.46. The van der Waals surface area contributed by atoms with E-state index < -0.39 is 0 Å². The number of likely N-dealkylation sites (N-methyl/N-ethyl adjacent to an activating group) is 1. The lowest BCUT2D eigenvalue weighted by molar-refractivity contribution is 0.148. The maximum absolute atomic E-state index is 3.46. The molecule has 0 amide bonds. The van der Waals surface area contributed by atoms with Crippen LogP contribution in [0.2, 0.25) is 0 Å². The highest BCUT2D eigenvalue weighted by molar-refractivity contribution is 5.22. The van der Waals surface area contributed by atoms with Crippen LogP contribution < -0.4 is 5.32 Å². The molecule has 0 radical (unpaired) electrons. The molecule has 2 rings (SSSR count). The third-order valence-corrected chi connectivity index (χ3v) is 4.04. The average Bonchev–Trinajstić information content (AvgIpc) is 2.48. The molecule has 0 unspecified atom stereocenters. The molecule has 1 aromatic rings. The summed E-state index contributed by atoms with van der Waals surface area (Å²) in [6.07, 6.45) is 2.35. The molecule has 0 aromatic heterocycles. The van der Waals surface area contributed by atoms with E-state index in [9.17, 15) is 0 Å². The van der Waals surface area contributed by atoms with Crippen molar-refractivity contribution in [2.24, 2.45) is 0 Å². The van der Waals surface area contributed by atoms with Gasteiger partial charge < -0.3 is 10.2 Å². The fraction of sp³-hybridized carbons (Fsp3) is 0.647. The van der Waals surface area contributed by atoms with Crippen LogP contribution in [0.5, 0.6) is 0 Å². The summed E-state index contributed by atoms with van der Waals surface area (Å²) >= 11 is 0. The molecule has 0 aliphatic carbocycles. The number of nitrogens with zero attached hydrogens (tertiary/aromatic N) is 2. The lowest BCUT2D eigenvalue weighted by Crippen LogP contribution is -2.43. The Morgan fingerprint density at radius 2 is 1.60 bits per heavy atom. The fourth-order valence-corrected chi connectivity index (χ4v) is 2.61. The van der Waals surface area contributed by atoms with E-state index in [1.165, 1.54) is 43.7 Å². The maximum Gasteiger partial charge on any atom is 0.0234 e. The lowest BCUT2D eigenvalue weighted by Gasteiger charge is -2.32. The SMILES string of the molecule is CCCNCCc1ccc(CN2CCN(C)CC2)cc1. The second kappa shape index (κ2) is 8.40. The van der Waals surface area contributed by atoms with Gasteiger partial charge in [-0.25, -0.2) is 0 Å². The summed E-state index contributed by atoms with van der Waals surface area (Å²) < 4.78 is 0. The summed E-state index contributed by atoms with van der Waals surface area (Å²) in [5.41, 5.74) is 2.88. The Morgan fingerprint density at radius 1 is 0.950 bits per heavy atom. The van der Waals surface area contributed by atoms with E-state index in [1.807, 2.05) is 0 Å². The van der Waals surface area contributed by atoms with Crippen molar-refractivity contribution in [1.82, 2.24) is 15.1 Å². The van der Waals surface area contributed by atoms with Gasteiger partial charge in [0, 0.05) is 32.7 Å². The standard InChI is InChI=1S/C17H29N3/c1-3-9-18-10-8-16-4-6-17(7-5-16)15-20-13-11-19(2)12-14-20/h4-7,18H,3,8-15H2,1-2H3. The first kappa shape index (κ1) is 15.5. The van der Waals surface area contributed by atoms with E-state index in [1.54, 1.807) is 0 Å². The molecule has 0 spiro atoms. The minimum absolute atomic E-state index is 1.09. The Kier molecular flexibility index (Phi) is 6.51. The molecule has 1 aliphatic rings.